The summed E-state index contributed by atoms with van der Waals surface area (Å²) in [7, 11) is 0. The molecule has 1 amide bonds. The van der Waals surface area contributed by atoms with Crippen LogP contribution in [0.25, 0.3) is 0 Å². The highest BCUT2D eigenvalue weighted by atomic mass is 16.7. The van der Waals surface area contributed by atoms with Crippen LogP contribution >= 0.6 is 0 Å². The number of benzene rings is 1. The lowest BCUT2D eigenvalue weighted by molar-refractivity contribution is 0.0848. The molecule has 18 heavy (non-hydrogen) atoms. The van der Waals surface area contributed by atoms with E-state index in [4.69, 9.17) is 10.6 Å². The molecular formula is C12H11N3O3. The van der Waals surface area contributed by atoms with E-state index in [0.29, 0.717) is 0 Å². The van der Waals surface area contributed by atoms with Gasteiger partial charge in [0.15, 0.2) is 5.69 Å². The monoisotopic (exact) mass is 245 g/mol. The van der Waals surface area contributed by atoms with E-state index in [1.54, 1.807) is 0 Å². The van der Waals surface area contributed by atoms with Crippen LogP contribution < -0.4 is 16.1 Å². The van der Waals surface area contributed by atoms with Gasteiger partial charge in [-0.25, -0.2) is 4.98 Å². The number of nitrogens with zero attached hydrogens (tertiary/aromatic N) is 2. The summed E-state index contributed by atoms with van der Waals surface area (Å²) in [5.41, 5.74) is 4.92. The third-order valence-electron chi connectivity index (χ3n) is 2.25. The third kappa shape index (κ3) is 2.54. The third-order valence-corrected chi connectivity index (χ3v) is 2.25. The molecule has 0 saturated heterocycles. The van der Waals surface area contributed by atoms with E-state index in [-0.39, 0.29) is 12.3 Å². The molecular weight excluding hydrogens is 234 g/mol. The second-order valence-electron chi connectivity index (χ2n) is 3.53. The predicted octanol–water partition coefficient (Wildman–Crippen LogP) is -0.0290. The molecule has 0 atom stereocenters. The van der Waals surface area contributed by atoms with Crippen molar-refractivity contribution >= 4 is 5.91 Å². The molecule has 0 spiro atoms. The number of carbonyl (C=O) groups is 1. The fourth-order valence-corrected chi connectivity index (χ4v) is 1.38. The van der Waals surface area contributed by atoms with Crippen LogP contribution in [0.4, 0.5) is 0 Å². The Bertz CT molecular complexity index is 607. The molecule has 0 saturated carbocycles. The fraction of sp³-hybridized carbons (Fsp3) is 0.0833. The van der Waals surface area contributed by atoms with Crippen molar-refractivity contribution < 1.29 is 9.63 Å². The standard InChI is InChI=1S/C12H11N3O3/c13-11(16)10-12(17)15(7-6-14-10)18-8-9-4-2-1-3-5-9/h1-7H,8H2,(H2,13,16). The molecule has 0 radical (unpaired) electrons. The minimum absolute atomic E-state index is 0.211. The van der Waals surface area contributed by atoms with Gasteiger partial charge in [0.25, 0.3) is 5.91 Å². The van der Waals surface area contributed by atoms with Crippen molar-refractivity contribution in [3.8, 4) is 0 Å². The second kappa shape index (κ2) is 5.13. The van der Waals surface area contributed by atoms with E-state index >= 15 is 0 Å². The summed E-state index contributed by atoms with van der Waals surface area (Å²) in [5.74, 6) is -0.877. The van der Waals surface area contributed by atoms with Gasteiger partial charge in [-0.05, 0) is 5.56 Å². The minimum atomic E-state index is -0.877. The summed E-state index contributed by atoms with van der Waals surface area (Å²) in [5, 5.41) is 0. The highest BCUT2D eigenvalue weighted by Gasteiger charge is 2.10. The molecule has 6 nitrogen and oxygen atoms in total. The number of nitrogens with two attached hydrogens (primary N) is 1. The lowest BCUT2D eigenvalue weighted by atomic mass is 10.2. The first kappa shape index (κ1) is 11.8. The largest absolute Gasteiger partial charge is 0.406 e. The van der Waals surface area contributed by atoms with Gasteiger partial charge in [0.2, 0.25) is 0 Å². The molecule has 2 N–H and O–H groups in total. The number of rotatable bonds is 4. The number of primary amides is 1. The number of hydrogen-bond donors (Lipinski definition) is 1. The van der Waals surface area contributed by atoms with Crippen molar-refractivity contribution in [1.29, 1.82) is 0 Å². The molecule has 2 rings (SSSR count). The highest BCUT2D eigenvalue weighted by Crippen LogP contribution is 1.98. The molecule has 0 fully saturated rings. The van der Waals surface area contributed by atoms with Crippen molar-refractivity contribution in [2.45, 2.75) is 6.61 Å². The molecule has 0 aliphatic heterocycles. The van der Waals surface area contributed by atoms with Gasteiger partial charge < -0.3 is 10.6 Å². The first-order valence-electron chi connectivity index (χ1n) is 5.23. The first-order chi connectivity index (χ1) is 8.68. The van der Waals surface area contributed by atoms with Crippen LogP contribution in [-0.4, -0.2) is 15.6 Å². The molecule has 92 valence electrons. The van der Waals surface area contributed by atoms with Crippen LogP contribution in [0.2, 0.25) is 0 Å². The summed E-state index contributed by atoms with van der Waals surface area (Å²) in [6, 6.07) is 9.33. The number of amides is 1. The van der Waals surface area contributed by atoms with Crippen molar-refractivity contribution in [3.05, 3.63) is 64.3 Å². The van der Waals surface area contributed by atoms with Gasteiger partial charge in [-0.3, -0.25) is 9.59 Å². The fourth-order valence-electron chi connectivity index (χ4n) is 1.38. The van der Waals surface area contributed by atoms with Crippen molar-refractivity contribution in [3.63, 3.8) is 0 Å². The molecule has 0 aliphatic carbocycles. The predicted molar refractivity (Wildman–Crippen MR) is 63.7 cm³/mol. The first-order valence-corrected chi connectivity index (χ1v) is 5.23. The summed E-state index contributed by atoms with van der Waals surface area (Å²) < 4.78 is 0.945. The molecule has 0 aliphatic rings. The van der Waals surface area contributed by atoms with Crippen LogP contribution in [0.3, 0.4) is 0 Å². The summed E-state index contributed by atoms with van der Waals surface area (Å²) in [6.45, 7) is 0.211. The average Bonchev–Trinajstić information content (AvgIpc) is 2.38. The average molecular weight is 245 g/mol. The normalized spacial score (nSPS) is 10.0. The van der Waals surface area contributed by atoms with E-state index in [1.165, 1.54) is 12.4 Å². The van der Waals surface area contributed by atoms with Crippen LogP contribution in [0.1, 0.15) is 16.1 Å². The summed E-state index contributed by atoms with van der Waals surface area (Å²) in [4.78, 5) is 31.5. The molecule has 1 aromatic heterocycles. The highest BCUT2D eigenvalue weighted by molar-refractivity contribution is 5.90. The minimum Gasteiger partial charge on any atom is -0.406 e. The smallest absolute Gasteiger partial charge is 0.314 e. The zero-order valence-corrected chi connectivity index (χ0v) is 9.45. The Balaban J connectivity index is 2.18. The number of aromatic nitrogens is 2. The Hall–Kier alpha value is -2.63. The SMILES string of the molecule is NC(=O)c1nccn(OCc2ccccc2)c1=O. The van der Waals surface area contributed by atoms with Crippen molar-refractivity contribution in [2.24, 2.45) is 5.73 Å². The van der Waals surface area contributed by atoms with Gasteiger partial charge in [-0.15, -0.1) is 4.73 Å². The maximum absolute atomic E-state index is 11.7. The zero-order chi connectivity index (χ0) is 13.0. The van der Waals surface area contributed by atoms with Gasteiger partial charge in [-0.2, -0.15) is 0 Å². The van der Waals surface area contributed by atoms with Gasteiger partial charge in [0.1, 0.15) is 6.61 Å². The molecule has 6 heteroatoms. The van der Waals surface area contributed by atoms with E-state index in [1.807, 2.05) is 30.3 Å². The van der Waals surface area contributed by atoms with E-state index in [9.17, 15) is 9.59 Å². The van der Waals surface area contributed by atoms with Gasteiger partial charge in [-0.1, -0.05) is 30.3 Å². The van der Waals surface area contributed by atoms with Gasteiger partial charge in [0, 0.05) is 6.20 Å². The van der Waals surface area contributed by atoms with Gasteiger partial charge >= 0.3 is 5.56 Å². The van der Waals surface area contributed by atoms with E-state index in [0.717, 1.165) is 10.3 Å². The molecule has 1 heterocycles. The Morgan fingerprint density at radius 3 is 2.72 bits per heavy atom. The Kier molecular flexibility index (Phi) is 3.38. The summed E-state index contributed by atoms with van der Waals surface area (Å²) in [6.07, 6.45) is 2.62. The molecule has 2 aromatic rings. The van der Waals surface area contributed by atoms with Crippen LogP contribution in [-0.2, 0) is 6.61 Å². The molecule has 1 aromatic carbocycles. The van der Waals surface area contributed by atoms with Crippen LogP contribution in [0.5, 0.6) is 0 Å². The zero-order valence-electron chi connectivity index (χ0n) is 9.45. The van der Waals surface area contributed by atoms with Crippen LogP contribution in [0, 0.1) is 0 Å². The maximum Gasteiger partial charge on any atom is 0.314 e. The second-order valence-corrected chi connectivity index (χ2v) is 3.53. The Morgan fingerprint density at radius 2 is 2.06 bits per heavy atom. The lowest BCUT2D eigenvalue weighted by Gasteiger charge is -2.08. The maximum atomic E-state index is 11.7. The number of hydrogen-bond acceptors (Lipinski definition) is 4. The molecule has 0 unspecified atom stereocenters. The quantitative estimate of drug-likeness (QED) is 0.819. The summed E-state index contributed by atoms with van der Waals surface area (Å²) >= 11 is 0. The van der Waals surface area contributed by atoms with Crippen LogP contribution in [0.15, 0.2) is 47.5 Å². The molecule has 0 bridgehead atoms. The Labute approximate surface area is 103 Å². The van der Waals surface area contributed by atoms with Gasteiger partial charge in [0.05, 0.1) is 6.20 Å². The lowest BCUT2D eigenvalue weighted by Crippen LogP contribution is -2.34. The topological polar surface area (TPSA) is 87.2 Å². The van der Waals surface area contributed by atoms with Crippen molar-refractivity contribution in [1.82, 2.24) is 9.71 Å². The van der Waals surface area contributed by atoms with E-state index < -0.39 is 11.5 Å². The van der Waals surface area contributed by atoms with E-state index in [2.05, 4.69) is 4.98 Å². The Morgan fingerprint density at radius 1 is 1.33 bits per heavy atom. The van der Waals surface area contributed by atoms with Crippen molar-refractivity contribution in [2.75, 3.05) is 0 Å². The number of carbonyl (C=O) groups excluding carboxylic acids is 1.